The van der Waals surface area contributed by atoms with Gasteiger partial charge in [0.05, 0.1) is 18.6 Å². The third-order valence-corrected chi connectivity index (χ3v) is 6.06. The van der Waals surface area contributed by atoms with Crippen molar-refractivity contribution in [2.24, 2.45) is 5.92 Å². The predicted molar refractivity (Wildman–Crippen MR) is 129 cm³/mol. The number of allylic oxidation sites excluding steroid dienone is 2. The highest BCUT2D eigenvalue weighted by atomic mass is 16.5. The second-order valence-electron chi connectivity index (χ2n) is 8.74. The molecule has 176 valence electrons. The van der Waals surface area contributed by atoms with Crippen LogP contribution in [0.2, 0.25) is 0 Å². The van der Waals surface area contributed by atoms with E-state index in [2.05, 4.69) is 12.2 Å². The molecule has 0 radical (unpaired) electrons. The van der Waals surface area contributed by atoms with Crippen molar-refractivity contribution in [3.05, 3.63) is 29.6 Å². The van der Waals surface area contributed by atoms with Crippen molar-refractivity contribution in [2.45, 2.75) is 110 Å². The molecule has 0 heterocycles. The van der Waals surface area contributed by atoms with Crippen LogP contribution in [0.5, 0.6) is 0 Å². The van der Waals surface area contributed by atoms with Crippen molar-refractivity contribution in [2.75, 3.05) is 13.7 Å². The summed E-state index contributed by atoms with van der Waals surface area (Å²) in [5.41, 5.74) is 0.352. The molecule has 0 spiro atoms. The number of nitrogens with one attached hydrogen (secondary N) is 1. The minimum absolute atomic E-state index is 0.154. The monoisotopic (exact) mass is 431 g/mol. The van der Waals surface area contributed by atoms with Crippen LogP contribution < -0.4 is 5.32 Å². The summed E-state index contributed by atoms with van der Waals surface area (Å²) in [6.45, 7) is 2.93. The van der Waals surface area contributed by atoms with Gasteiger partial charge in [-0.3, -0.25) is 4.79 Å². The van der Waals surface area contributed by atoms with Crippen molar-refractivity contribution in [1.29, 1.82) is 0 Å². The van der Waals surface area contributed by atoms with Crippen LogP contribution in [0.15, 0.2) is 29.6 Å². The molecule has 1 aliphatic carbocycles. The van der Waals surface area contributed by atoms with E-state index in [0.29, 0.717) is 17.9 Å². The Balaban J connectivity index is 1.91. The van der Waals surface area contributed by atoms with E-state index in [1.807, 2.05) is 5.94 Å². The minimum atomic E-state index is -0.599. The van der Waals surface area contributed by atoms with Crippen LogP contribution in [0, 0.1) is 5.92 Å². The minimum Gasteiger partial charge on any atom is -0.497 e. The summed E-state index contributed by atoms with van der Waals surface area (Å²) >= 11 is 0. The zero-order chi connectivity index (χ0) is 22.6. The van der Waals surface area contributed by atoms with Crippen LogP contribution in [-0.2, 0) is 14.3 Å². The molecule has 0 aliphatic heterocycles. The van der Waals surface area contributed by atoms with Gasteiger partial charge in [0.15, 0.2) is 0 Å². The lowest BCUT2D eigenvalue weighted by Gasteiger charge is -2.16. The van der Waals surface area contributed by atoms with Crippen molar-refractivity contribution >= 4 is 11.8 Å². The lowest BCUT2D eigenvalue weighted by molar-refractivity contribution is -0.122. The predicted octanol–water partition coefficient (Wildman–Crippen LogP) is 6.84. The number of methoxy groups -OCH3 is 1. The molecule has 0 bridgehead atoms. The van der Waals surface area contributed by atoms with E-state index in [1.54, 1.807) is 25.3 Å². The lowest BCUT2D eigenvalue weighted by Crippen LogP contribution is -2.32. The number of rotatable bonds is 19. The summed E-state index contributed by atoms with van der Waals surface area (Å²) in [6.07, 6.45) is 26.3. The number of ether oxygens (including phenoxy) is 1. The topological polar surface area (TPSA) is 55.4 Å². The lowest BCUT2D eigenvalue weighted by atomic mass is 9.94. The molecule has 0 aromatic carbocycles. The Morgan fingerprint density at radius 1 is 0.839 bits per heavy atom. The zero-order valence-electron chi connectivity index (χ0n) is 20.1. The third kappa shape index (κ3) is 13.3. The first-order valence-electron chi connectivity index (χ1n) is 12.7. The second kappa shape index (κ2) is 18.9. The van der Waals surface area contributed by atoms with Gasteiger partial charge in [0.1, 0.15) is 11.7 Å². The molecule has 1 N–H and O–H groups in total. The molecule has 1 unspecified atom stereocenters. The zero-order valence-corrected chi connectivity index (χ0v) is 20.1. The highest BCUT2D eigenvalue weighted by Gasteiger charge is 2.23. The highest BCUT2D eigenvalue weighted by molar-refractivity contribution is 5.88. The maximum Gasteiger partial charge on any atom is 0.232 e. The van der Waals surface area contributed by atoms with Gasteiger partial charge in [-0.05, 0) is 24.6 Å². The second-order valence-corrected chi connectivity index (χ2v) is 8.74. The number of hydrogen-bond donors (Lipinski definition) is 1. The number of carbonyl (C=O) groups is 1. The van der Waals surface area contributed by atoms with Crippen LogP contribution in [0.4, 0.5) is 0 Å². The first kappa shape index (κ1) is 27.2. The van der Waals surface area contributed by atoms with Crippen LogP contribution in [0.25, 0.3) is 0 Å². The van der Waals surface area contributed by atoms with E-state index >= 15 is 0 Å². The van der Waals surface area contributed by atoms with E-state index < -0.39 is 5.92 Å². The molecule has 4 nitrogen and oxygen atoms in total. The van der Waals surface area contributed by atoms with Gasteiger partial charge < -0.3 is 10.1 Å². The van der Waals surface area contributed by atoms with Crippen LogP contribution >= 0.6 is 0 Å². The van der Waals surface area contributed by atoms with E-state index in [0.717, 1.165) is 12.8 Å². The Kier molecular flexibility index (Phi) is 16.6. The number of unbranched alkanes of at least 4 members (excludes halogenated alkanes) is 15. The van der Waals surface area contributed by atoms with E-state index in [9.17, 15) is 9.59 Å². The molecule has 1 aliphatic rings. The summed E-state index contributed by atoms with van der Waals surface area (Å²) in [4.78, 5) is 23.4. The summed E-state index contributed by atoms with van der Waals surface area (Å²) in [5.74, 6) is 1.70. The molecular weight excluding hydrogens is 386 g/mol. The van der Waals surface area contributed by atoms with E-state index in [-0.39, 0.29) is 5.91 Å². The van der Waals surface area contributed by atoms with Gasteiger partial charge in [-0.15, -0.1) is 0 Å². The Bertz CT molecular complexity index is 587. The average molecular weight is 432 g/mol. The van der Waals surface area contributed by atoms with E-state index in [1.165, 1.54) is 89.9 Å². The van der Waals surface area contributed by atoms with Crippen molar-refractivity contribution in [3.8, 4) is 0 Å². The van der Waals surface area contributed by atoms with Gasteiger partial charge >= 0.3 is 0 Å². The molecule has 1 amide bonds. The van der Waals surface area contributed by atoms with Gasteiger partial charge in [0.2, 0.25) is 5.91 Å². The molecule has 0 aromatic heterocycles. The average Bonchev–Trinajstić information content (AvgIpc) is 2.80. The molecule has 0 fully saturated rings. The molecule has 31 heavy (non-hydrogen) atoms. The number of hydrogen-bond acceptors (Lipinski definition) is 3. The van der Waals surface area contributed by atoms with Crippen molar-refractivity contribution in [1.82, 2.24) is 5.32 Å². The SMILES string of the molecule is CCCCCCCCCCCCCCCCCCNC(=O)C1C=C(OC)C=CC1=C=O. The molecule has 1 atom stereocenters. The van der Waals surface area contributed by atoms with Crippen LogP contribution in [0.1, 0.15) is 110 Å². The van der Waals surface area contributed by atoms with Gasteiger partial charge in [-0.1, -0.05) is 103 Å². The highest BCUT2D eigenvalue weighted by Crippen LogP contribution is 2.21. The third-order valence-electron chi connectivity index (χ3n) is 6.06. The summed E-state index contributed by atoms with van der Waals surface area (Å²) in [7, 11) is 1.55. The van der Waals surface area contributed by atoms with Gasteiger partial charge in [0, 0.05) is 6.54 Å². The Hall–Kier alpha value is -1.80. The molecule has 0 saturated heterocycles. The maximum atomic E-state index is 12.3. The maximum absolute atomic E-state index is 12.3. The van der Waals surface area contributed by atoms with E-state index in [4.69, 9.17) is 4.74 Å². The first-order chi connectivity index (χ1) is 15.2. The van der Waals surface area contributed by atoms with Crippen LogP contribution in [0.3, 0.4) is 0 Å². The molecule has 4 heteroatoms. The molecule has 0 saturated carbocycles. The number of amides is 1. The van der Waals surface area contributed by atoms with Gasteiger partial charge in [0.25, 0.3) is 0 Å². The summed E-state index contributed by atoms with van der Waals surface area (Å²) in [5, 5.41) is 2.94. The molecular formula is C27H45NO3. The van der Waals surface area contributed by atoms with Crippen molar-refractivity contribution in [3.63, 3.8) is 0 Å². The molecule has 0 aromatic rings. The Labute approximate surface area is 190 Å². The molecule has 1 rings (SSSR count). The summed E-state index contributed by atoms with van der Waals surface area (Å²) < 4.78 is 5.15. The fraction of sp³-hybridized carbons (Fsp3) is 0.741. The standard InChI is InChI=1S/C27H45NO3/c1-3-4-5-6-7-8-9-10-11-12-13-14-15-16-17-18-21-28-27(30)26-22-25(31-2)20-19-24(26)23-29/h19-20,22,26H,3-18,21H2,1-2H3,(H,28,30). The smallest absolute Gasteiger partial charge is 0.232 e. The van der Waals surface area contributed by atoms with Crippen molar-refractivity contribution < 1.29 is 14.3 Å². The van der Waals surface area contributed by atoms with Gasteiger partial charge in [-0.25, -0.2) is 4.79 Å². The largest absolute Gasteiger partial charge is 0.497 e. The van der Waals surface area contributed by atoms with Crippen LogP contribution in [-0.4, -0.2) is 25.5 Å². The van der Waals surface area contributed by atoms with Gasteiger partial charge in [-0.2, -0.15) is 0 Å². The Morgan fingerprint density at radius 2 is 1.32 bits per heavy atom. The normalized spacial score (nSPS) is 15.5. The summed E-state index contributed by atoms with van der Waals surface area (Å²) in [6, 6.07) is 0. The number of carbonyl (C=O) groups excluding carboxylic acids is 2. The Morgan fingerprint density at radius 3 is 1.77 bits per heavy atom. The quantitative estimate of drug-likeness (QED) is 0.180. The first-order valence-corrected chi connectivity index (χ1v) is 12.7. The fourth-order valence-electron chi connectivity index (χ4n) is 4.03. The fourth-order valence-corrected chi connectivity index (χ4v) is 4.03.